The molecule has 2 amide bonds. The van der Waals surface area contributed by atoms with Crippen LogP contribution < -0.4 is 4.74 Å². The van der Waals surface area contributed by atoms with E-state index in [1.807, 2.05) is 29.2 Å². The number of amides is 2. The summed E-state index contributed by atoms with van der Waals surface area (Å²) in [7, 11) is 4.85. The lowest BCUT2D eigenvalue weighted by atomic mass is 9.95. The maximum Gasteiger partial charge on any atom is 0.278 e. The molecule has 0 bridgehead atoms. The van der Waals surface area contributed by atoms with Crippen LogP contribution in [0.4, 0.5) is 0 Å². The molecule has 0 unspecified atom stereocenters. The van der Waals surface area contributed by atoms with Crippen molar-refractivity contribution in [1.82, 2.24) is 9.80 Å². The molecule has 0 aromatic heterocycles. The lowest BCUT2D eigenvalue weighted by Gasteiger charge is -2.30. The third kappa shape index (κ3) is 5.33. The molecular formula is C25H36N2O5. The quantitative estimate of drug-likeness (QED) is 0.515. The number of nitrogens with zero attached hydrogens (tertiary/aromatic N) is 2. The Kier molecular flexibility index (Phi) is 9.11. The van der Waals surface area contributed by atoms with Crippen molar-refractivity contribution in [3.63, 3.8) is 0 Å². The Morgan fingerprint density at radius 1 is 0.875 bits per heavy atom. The summed E-state index contributed by atoms with van der Waals surface area (Å²) in [6.07, 6.45) is 7.34. The molecule has 0 radical (unpaired) electrons. The first-order valence-electron chi connectivity index (χ1n) is 11.6. The summed E-state index contributed by atoms with van der Waals surface area (Å²) in [5.41, 5.74) is 1.49. The Bertz CT molecular complexity index is 806. The summed E-state index contributed by atoms with van der Waals surface area (Å²) in [5.74, 6) is 0.146. The number of hydrogen-bond donors (Lipinski definition) is 0. The van der Waals surface area contributed by atoms with Crippen LogP contribution in [0.3, 0.4) is 0 Å². The molecule has 1 aliphatic heterocycles. The lowest BCUT2D eigenvalue weighted by molar-refractivity contribution is -0.140. The predicted molar refractivity (Wildman–Crippen MR) is 123 cm³/mol. The maximum absolute atomic E-state index is 13.8. The van der Waals surface area contributed by atoms with E-state index in [2.05, 4.69) is 0 Å². The van der Waals surface area contributed by atoms with Crippen LogP contribution in [0.5, 0.6) is 5.75 Å². The van der Waals surface area contributed by atoms with Crippen LogP contribution in [-0.2, 0) is 19.1 Å². The normalized spacial score (nSPS) is 18.2. The van der Waals surface area contributed by atoms with Crippen LogP contribution in [0.15, 0.2) is 30.0 Å². The second-order valence-corrected chi connectivity index (χ2v) is 8.38. The molecule has 0 N–H and O–H groups in total. The third-order valence-corrected chi connectivity index (χ3v) is 6.35. The van der Waals surface area contributed by atoms with Crippen molar-refractivity contribution in [3.05, 3.63) is 35.5 Å². The highest BCUT2D eigenvalue weighted by Crippen LogP contribution is 2.38. The minimum atomic E-state index is -0.222. The minimum absolute atomic E-state index is 0.0655. The van der Waals surface area contributed by atoms with E-state index in [0.717, 1.165) is 38.5 Å². The van der Waals surface area contributed by atoms with Crippen LogP contribution >= 0.6 is 0 Å². The Morgan fingerprint density at radius 2 is 1.47 bits per heavy atom. The predicted octanol–water partition coefficient (Wildman–Crippen LogP) is 3.48. The zero-order valence-corrected chi connectivity index (χ0v) is 19.6. The van der Waals surface area contributed by atoms with Crippen molar-refractivity contribution in [2.24, 2.45) is 0 Å². The highest BCUT2D eigenvalue weighted by molar-refractivity contribution is 6.36. The first-order chi connectivity index (χ1) is 15.6. The second kappa shape index (κ2) is 12.0. The molecule has 1 aliphatic carbocycles. The average molecular weight is 445 g/mol. The van der Waals surface area contributed by atoms with Crippen LogP contribution in [0.1, 0.15) is 50.5 Å². The summed E-state index contributed by atoms with van der Waals surface area (Å²) in [6.45, 7) is 1.87. The molecule has 0 atom stereocenters. The van der Waals surface area contributed by atoms with Gasteiger partial charge in [-0.1, -0.05) is 50.3 Å². The van der Waals surface area contributed by atoms with Crippen LogP contribution in [0.25, 0.3) is 5.57 Å². The first-order valence-corrected chi connectivity index (χ1v) is 11.6. The van der Waals surface area contributed by atoms with Gasteiger partial charge in [0.15, 0.2) is 0 Å². The minimum Gasteiger partial charge on any atom is -0.496 e. The fraction of sp³-hybridized carbons (Fsp3) is 0.600. The summed E-state index contributed by atoms with van der Waals surface area (Å²) < 4.78 is 16.2. The second-order valence-electron chi connectivity index (χ2n) is 8.38. The third-order valence-electron chi connectivity index (χ3n) is 6.35. The molecule has 0 spiro atoms. The van der Waals surface area contributed by atoms with Gasteiger partial charge in [0.05, 0.1) is 25.9 Å². The Labute approximate surface area is 191 Å². The van der Waals surface area contributed by atoms with Crippen molar-refractivity contribution < 1.29 is 23.8 Å². The van der Waals surface area contributed by atoms with Crippen LogP contribution in [-0.4, -0.2) is 75.3 Å². The van der Waals surface area contributed by atoms with Crippen molar-refractivity contribution >= 4 is 17.4 Å². The fourth-order valence-electron chi connectivity index (χ4n) is 4.69. The van der Waals surface area contributed by atoms with Gasteiger partial charge in [-0.25, -0.2) is 0 Å². The standard InChI is InChI=1S/C25H36N2O5/c1-30-17-15-26(16-18-31-2)23-22(20-13-9-10-14-21(20)32-3)24(28)27(25(23)29)19-11-7-5-4-6-8-12-19/h9-10,13-14,19H,4-8,11-12,15-18H2,1-3H3. The number of ether oxygens (including phenoxy) is 3. The van der Waals surface area contributed by atoms with Gasteiger partial charge in [-0.15, -0.1) is 0 Å². The van der Waals surface area contributed by atoms with Crippen molar-refractivity contribution in [2.75, 3.05) is 47.6 Å². The SMILES string of the molecule is COCCN(CCOC)C1=C(c2ccccc2OC)C(=O)N(C2CCCCCCC2)C1=O. The van der Waals surface area contributed by atoms with Gasteiger partial charge in [-0.2, -0.15) is 0 Å². The Balaban J connectivity index is 2.07. The van der Waals surface area contributed by atoms with E-state index >= 15 is 0 Å². The smallest absolute Gasteiger partial charge is 0.278 e. The molecule has 0 saturated heterocycles. The Morgan fingerprint density at radius 3 is 2.06 bits per heavy atom. The first kappa shape index (κ1) is 24.3. The highest BCUT2D eigenvalue weighted by Gasteiger charge is 2.45. The number of para-hydroxylation sites is 1. The summed E-state index contributed by atoms with van der Waals surface area (Å²) in [4.78, 5) is 31.1. The molecule has 1 aromatic carbocycles. The van der Waals surface area contributed by atoms with Gasteiger partial charge in [0.2, 0.25) is 0 Å². The number of hydrogen-bond acceptors (Lipinski definition) is 6. The van der Waals surface area contributed by atoms with Crippen molar-refractivity contribution in [2.45, 2.75) is 51.0 Å². The van der Waals surface area contributed by atoms with Gasteiger partial charge in [0.1, 0.15) is 11.4 Å². The van der Waals surface area contributed by atoms with Gasteiger partial charge in [0, 0.05) is 38.9 Å². The number of rotatable bonds is 10. The van der Waals surface area contributed by atoms with E-state index in [1.54, 1.807) is 21.3 Å². The summed E-state index contributed by atoms with van der Waals surface area (Å²) in [5, 5.41) is 0. The van der Waals surface area contributed by atoms with Gasteiger partial charge in [-0.05, 0) is 18.9 Å². The molecular weight excluding hydrogens is 408 g/mol. The molecule has 1 heterocycles. The molecule has 2 aliphatic rings. The van der Waals surface area contributed by atoms with Gasteiger partial charge in [-0.3, -0.25) is 14.5 Å². The molecule has 1 aromatic rings. The topological polar surface area (TPSA) is 68.3 Å². The maximum atomic E-state index is 13.8. The molecule has 7 nitrogen and oxygen atoms in total. The molecule has 1 fully saturated rings. The van der Waals surface area contributed by atoms with Gasteiger partial charge in [0.25, 0.3) is 11.8 Å². The van der Waals surface area contributed by atoms with E-state index in [1.165, 1.54) is 11.3 Å². The fourth-order valence-corrected chi connectivity index (χ4v) is 4.69. The molecule has 176 valence electrons. The number of carbonyl (C=O) groups excluding carboxylic acids is 2. The van der Waals surface area contributed by atoms with Gasteiger partial charge >= 0.3 is 0 Å². The van der Waals surface area contributed by atoms with Gasteiger partial charge < -0.3 is 19.1 Å². The zero-order chi connectivity index (χ0) is 22.9. The lowest BCUT2D eigenvalue weighted by Crippen LogP contribution is -2.43. The Hall–Kier alpha value is -2.38. The molecule has 3 rings (SSSR count). The molecule has 1 saturated carbocycles. The van der Waals surface area contributed by atoms with E-state index in [0.29, 0.717) is 48.9 Å². The number of carbonyl (C=O) groups is 2. The number of benzene rings is 1. The molecule has 32 heavy (non-hydrogen) atoms. The summed E-state index contributed by atoms with van der Waals surface area (Å²) in [6, 6.07) is 7.35. The van der Waals surface area contributed by atoms with E-state index < -0.39 is 0 Å². The van der Waals surface area contributed by atoms with E-state index in [-0.39, 0.29) is 17.9 Å². The van der Waals surface area contributed by atoms with E-state index in [9.17, 15) is 9.59 Å². The van der Waals surface area contributed by atoms with Crippen LogP contribution in [0, 0.1) is 0 Å². The van der Waals surface area contributed by atoms with E-state index in [4.69, 9.17) is 14.2 Å². The highest BCUT2D eigenvalue weighted by atomic mass is 16.5. The summed E-state index contributed by atoms with van der Waals surface area (Å²) >= 11 is 0. The van der Waals surface area contributed by atoms with Crippen molar-refractivity contribution in [3.8, 4) is 5.75 Å². The van der Waals surface area contributed by atoms with Crippen LogP contribution in [0.2, 0.25) is 0 Å². The monoisotopic (exact) mass is 444 g/mol. The number of imide groups is 1. The average Bonchev–Trinajstić information content (AvgIpc) is 3.04. The zero-order valence-electron chi connectivity index (χ0n) is 19.6. The number of methoxy groups -OCH3 is 3. The largest absolute Gasteiger partial charge is 0.496 e. The molecule has 7 heteroatoms. The van der Waals surface area contributed by atoms with Crippen molar-refractivity contribution in [1.29, 1.82) is 0 Å².